The zero-order valence-corrected chi connectivity index (χ0v) is 31.3. The minimum absolute atomic E-state index is 0.0543. The number of benzene rings is 3. The predicted octanol–water partition coefficient (Wildman–Crippen LogP) is 3.85. The highest BCUT2D eigenvalue weighted by Crippen LogP contribution is 2.28. The first-order chi connectivity index (χ1) is 26.6. The van der Waals surface area contributed by atoms with Crippen molar-refractivity contribution in [3.8, 4) is 5.75 Å². The minimum atomic E-state index is -0.818. The first kappa shape index (κ1) is 39.9. The highest BCUT2D eigenvalue weighted by molar-refractivity contribution is 5.78. The molecule has 0 aliphatic carbocycles. The van der Waals surface area contributed by atoms with Gasteiger partial charge in [-0.15, -0.1) is 0 Å². The monoisotopic (exact) mass is 754 g/mol. The van der Waals surface area contributed by atoms with Crippen LogP contribution < -0.4 is 20.7 Å². The van der Waals surface area contributed by atoms with E-state index in [1.807, 2.05) is 60.7 Å². The quantitative estimate of drug-likeness (QED) is 0.105. The number of carbonyl (C=O) groups is 4. The summed E-state index contributed by atoms with van der Waals surface area (Å²) in [6.45, 7) is 4.75. The number of ether oxygens (including phenoxy) is 1. The van der Waals surface area contributed by atoms with Crippen LogP contribution in [-0.4, -0.2) is 89.9 Å². The van der Waals surface area contributed by atoms with Crippen molar-refractivity contribution in [1.29, 1.82) is 0 Å². The van der Waals surface area contributed by atoms with Crippen LogP contribution in [0.2, 0.25) is 0 Å². The SMILES string of the molecule is O=C(O)[C@@H](Cc1cccc(CN(Cc2cccc(C[C@H](C(=O)O)[C@H]3CCNC3)c2)C(=O)COc2cccc(C[C@H](C(=O)O)[C@H]3CCNC3)c2)c1)[C@H]1CCNC1. The summed E-state index contributed by atoms with van der Waals surface area (Å²) in [4.78, 5) is 52.4. The van der Waals surface area contributed by atoms with Crippen molar-refractivity contribution in [2.24, 2.45) is 35.5 Å². The molecule has 55 heavy (non-hydrogen) atoms. The van der Waals surface area contributed by atoms with Crippen LogP contribution in [0, 0.1) is 35.5 Å². The molecular formula is C43H54N4O8. The minimum Gasteiger partial charge on any atom is -0.484 e. The molecule has 6 N–H and O–H groups in total. The highest BCUT2D eigenvalue weighted by atomic mass is 16.5. The fourth-order valence-electron chi connectivity index (χ4n) is 8.57. The van der Waals surface area contributed by atoms with Crippen LogP contribution in [-0.2, 0) is 51.5 Å². The van der Waals surface area contributed by atoms with Gasteiger partial charge in [0.2, 0.25) is 0 Å². The number of hydrogen-bond donors (Lipinski definition) is 6. The molecule has 0 radical (unpaired) electrons. The Hall–Kier alpha value is -4.78. The molecule has 0 spiro atoms. The van der Waals surface area contributed by atoms with Gasteiger partial charge >= 0.3 is 17.9 Å². The van der Waals surface area contributed by atoms with E-state index in [9.17, 15) is 34.5 Å². The van der Waals surface area contributed by atoms with Gasteiger partial charge < -0.3 is 40.9 Å². The molecule has 3 aromatic carbocycles. The van der Waals surface area contributed by atoms with Gasteiger partial charge in [-0.1, -0.05) is 60.7 Å². The molecule has 3 aromatic rings. The van der Waals surface area contributed by atoms with Crippen molar-refractivity contribution < 1.29 is 39.2 Å². The molecule has 3 saturated heterocycles. The van der Waals surface area contributed by atoms with Crippen molar-refractivity contribution >= 4 is 23.8 Å². The maximum Gasteiger partial charge on any atom is 0.307 e. The summed E-state index contributed by atoms with van der Waals surface area (Å²) in [5, 5.41) is 39.8. The summed E-state index contributed by atoms with van der Waals surface area (Å²) < 4.78 is 6.06. The van der Waals surface area contributed by atoms with E-state index in [4.69, 9.17) is 4.74 Å². The zero-order chi connectivity index (χ0) is 38.7. The van der Waals surface area contributed by atoms with Crippen molar-refractivity contribution in [1.82, 2.24) is 20.9 Å². The number of amides is 1. The number of nitrogens with one attached hydrogen (secondary N) is 3. The van der Waals surface area contributed by atoms with E-state index in [0.29, 0.717) is 44.6 Å². The molecule has 12 nitrogen and oxygen atoms in total. The molecule has 6 atom stereocenters. The molecule has 3 aliphatic rings. The van der Waals surface area contributed by atoms with Gasteiger partial charge in [-0.25, -0.2) is 0 Å². The topological polar surface area (TPSA) is 178 Å². The molecule has 0 unspecified atom stereocenters. The highest BCUT2D eigenvalue weighted by Gasteiger charge is 2.33. The van der Waals surface area contributed by atoms with Crippen LogP contribution >= 0.6 is 0 Å². The summed E-state index contributed by atoms with van der Waals surface area (Å²) in [7, 11) is 0. The average molecular weight is 755 g/mol. The van der Waals surface area contributed by atoms with E-state index in [-0.39, 0.29) is 43.4 Å². The van der Waals surface area contributed by atoms with Gasteiger partial charge in [-0.05, 0) is 135 Å². The molecule has 6 rings (SSSR count). The fraction of sp³-hybridized carbons (Fsp3) is 0.488. The molecule has 0 saturated carbocycles. The van der Waals surface area contributed by atoms with Crippen molar-refractivity contribution in [3.63, 3.8) is 0 Å². The van der Waals surface area contributed by atoms with Gasteiger partial charge in [0.05, 0.1) is 17.8 Å². The van der Waals surface area contributed by atoms with Crippen LogP contribution in [0.25, 0.3) is 0 Å². The van der Waals surface area contributed by atoms with Gasteiger partial charge in [-0.3, -0.25) is 19.2 Å². The Morgan fingerprint density at radius 1 is 0.582 bits per heavy atom. The Morgan fingerprint density at radius 3 is 1.35 bits per heavy atom. The van der Waals surface area contributed by atoms with Gasteiger partial charge in [0.15, 0.2) is 6.61 Å². The van der Waals surface area contributed by atoms with Crippen LogP contribution in [0.5, 0.6) is 5.75 Å². The zero-order valence-electron chi connectivity index (χ0n) is 31.3. The third-order valence-electron chi connectivity index (χ3n) is 11.7. The Kier molecular flexibility index (Phi) is 13.9. The maximum absolute atomic E-state index is 14.1. The van der Waals surface area contributed by atoms with Crippen LogP contribution in [0.1, 0.15) is 47.1 Å². The normalized spacial score (nSPS) is 21.1. The van der Waals surface area contributed by atoms with E-state index in [1.54, 1.807) is 17.0 Å². The van der Waals surface area contributed by atoms with Crippen LogP contribution in [0.4, 0.5) is 0 Å². The first-order valence-electron chi connectivity index (χ1n) is 19.6. The van der Waals surface area contributed by atoms with E-state index in [2.05, 4.69) is 16.0 Å². The van der Waals surface area contributed by atoms with Crippen molar-refractivity contribution in [2.45, 2.75) is 51.6 Å². The summed E-state index contributed by atoms with van der Waals surface area (Å²) >= 11 is 0. The second-order valence-electron chi connectivity index (χ2n) is 15.5. The fourth-order valence-corrected chi connectivity index (χ4v) is 8.57. The predicted molar refractivity (Wildman–Crippen MR) is 206 cm³/mol. The Balaban J connectivity index is 1.18. The summed E-state index contributed by atoms with van der Waals surface area (Å²) in [6, 6.07) is 22.8. The number of carboxylic acid groups (broad SMARTS) is 3. The number of rotatable bonds is 19. The molecule has 294 valence electrons. The Bertz CT molecular complexity index is 1700. The van der Waals surface area contributed by atoms with Gasteiger partial charge in [0, 0.05) is 13.1 Å². The van der Waals surface area contributed by atoms with Gasteiger partial charge in [0.1, 0.15) is 5.75 Å². The number of aliphatic carboxylic acids is 3. The van der Waals surface area contributed by atoms with Crippen molar-refractivity contribution in [2.75, 3.05) is 45.9 Å². The van der Waals surface area contributed by atoms with Gasteiger partial charge in [0.25, 0.3) is 5.91 Å². The van der Waals surface area contributed by atoms with Gasteiger partial charge in [-0.2, -0.15) is 0 Å². The molecule has 0 aromatic heterocycles. The summed E-state index contributed by atoms with van der Waals surface area (Å²) in [6.07, 6.45) is 3.62. The molecule has 3 heterocycles. The van der Waals surface area contributed by atoms with E-state index in [1.165, 1.54) is 0 Å². The Morgan fingerprint density at radius 2 is 0.964 bits per heavy atom. The molecular weight excluding hydrogens is 700 g/mol. The summed E-state index contributed by atoms with van der Waals surface area (Å²) in [5.74, 6) is -3.58. The second kappa shape index (κ2) is 19.2. The lowest BCUT2D eigenvalue weighted by Gasteiger charge is -2.25. The lowest BCUT2D eigenvalue weighted by Crippen LogP contribution is -2.34. The van der Waals surface area contributed by atoms with Crippen LogP contribution in [0.15, 0.2) is 72.8 Å². The Labute approximate surface area is 322 Å². The lowest BCUT2D eigenvalue weighted by atomic mass is 9.86. The van der Waals surface area contributed by atoms with Crippen molar-refractivity contribution in [3.05, 3.63) is 101 Å². The molecule has 3 fully saturated rings. The number of carboxylic acids is 3. The number of hydrogen-bond acceptors (Lipinski definition) is 8. The second-order valence-corrected chi connectivity index (χ2v) is 15.5. The third kappa shape index (κ3) is 11.1. The third-order valence-corrected chi connectivity index (χ3v) is 11.7. The largest absolute Gasteiger partial charge is 0.484 e. The molecule has 1 amide bonds. The average Bonchev–Trinajstić information content (AvgIpc) is 4.00. The van der Waals surface area contributed by atoms with E-state index < -0.39 is 35.7 Å². The first-order valence-corrected chi connectivity index (χ1v) is 19.6. The number of carbonyl (C=O) groups excluding carboxylic acids is 1. The molecule has 0 bridgehead atoms. The molecule has 12 heteroatoms. The lowest BCUT2D eigenvalue weighted by molar-refractivity contribution is -0.144. The van der Waals surface area contributed by atoms with E-state index in [0.717, 1.165) is 66.7 Å². The standard InChI is InChI=1S/C43H54N4O8/c48-40(27-55-36-9-3-6-30(18-36)21-39(43(53)54)35-12-15-46-24-35)47(25-31-7-1-4-28(16-31)19-37(41(49)50)33-10-13-44-22-33)26-32-8-2-5-29(17-32)20-38(42(51)52)34-11-14-45-23-34/h1-9,16-18,33-35,37-39,44-46H,10-15,19-27H2,(H,49,50)(H,51,52)(H,53,54)/t33-,34-,35-,37-,38-,39-/m0/s1. The molecule has 3 aliphatic heterocycles. The van der Waals surface area contributed by atoms with Crippen LogP contribution in [0.3, 0.4) is 0 Å². The summed E-state index contributed by atoms with van der Waals surface area (Å²) in [5.41, 5.74) is 4.34. The van der Waals surface area contributed by atoms with E-state index >= 15 is 0 Å². The smallest absolute Gasteiger partial charge is 0.307 e. The maximum atomic E-state index is 14.1. The number of nitrogens with zero attached hydrogens (tertiary/aromatic N) is 1.